The fourth-order valence-electron chi connectivity index (χ4n) is 6.98. The van der Waals surface area contributed by atoms with Gasteiger partial charge in [-0.05, 0) is 56.7 Å². The molecule has 0 radical (unpaired) electrons. The summed E-state index contributed by atoms with van der Waals surface area (Å²) in [6, 6.07) is 17.8. The van der Waals surface area contributed by atoms with Crippen molar-refractivity contribution in [2.24, 2.45) is 17.3 Å². The second kappa shape index (κ2) is 21.3. The number of nitrogens with zero attached hydrogens (tertiary/aromatic N) is 1. The molecule has 11 heteroatoms. The van der Waals surface area contributed by atoms with Gasteiger partial charge in [-0.1, -0.05) is 101 Å². The highest BCUT2D eigenvalue weighted by Gasteiger charge is 2.44. The van der Waals surface area contributed by atoms with Crippen LogP contribution in [0.3, 0.4) is 0 Å². The summed E-state index contributed by atoms with van der Waals surface area (Å²) in [5.41, 5.74) is 1.17. The number of ketones is 2. The van der Waals surface area contributed by atoms with Crippen LogP contribution in [0.5, 0.6) is 0 Å². The highest BCUT2D eigenvalue weighted by molar-refractivity contribution is 7.59. The van der Waals surface area contributed by atoms with Gasteiger partial charge in [-0.2, -0.15) is 54.0 Å². The monoisotopic (exact) mass is 737 g/mol. The van der Waals surface area contributed by atoms with Crippen molar-refractivity contribution in [3.05, 3.63) is 71.8 Å². The van der Waals surface area contributed by atoms with Crippen LogP contribution in [0.25, 0.3) is 0 Å². The molecule has 0 unspecified atom stereocenters. The Labute approximate surface area is 316 Å². The van der Waals surface area contributed by atoms with E-state index in [0.717, 1.165) is 43.2 Å². The number of rotatable bonds is 12. The summed E-state index contributed by atoms with van der Waals surface area (Å²) in [6.07, 6.45) is 6.57. The van der Waals surface area contributed by atoms with Gasteiger partial charge < -0.3 is 15.5 Å². The second-order valence-corrected chi connectivity index (χ2v) is 13.8. The maximum absolute atomic E-state index is 14.3. The molecule has 2 N–H and O–H groups in total. The van der Waals surface area contributed by atoms with E-state index in [0.29, 0.717) is 19.4 Å². The Morgan fingerprint density at radius 1 is 0.792 bits per heavy atom. The average Bonchev–Trinajstić information content (AvgIpc) is 3.53. The van der Waals surface area contributed by atoms with E-state index in [1.807, 2.05) is 88.4 Å². The SMILES string of the molecule is CN[C@@H](C)C(=O)C[C@H](C(=O)N1CCC[C@H]1C(=O)N[C@H](C(=O)C(C)(C)C)C(c1ccccc1)c1ccccc1)C1CCCCC1.S.S.S.S. The Morgan fingerprint density at radius 2 is 1.31 bits per heavy atom. The Bertz CT molecular complexity index is 1250. The molecule has 2 fully saturated rings. The van der Waals surface area contributed by atoms with Crippen LogP contribution < -0.4 is 10.6 Å². The van der Waals surface area contributed by atoms with Gasteiger partial charge in [0.25, 0.3) is 0 Å². The molecule has 1 aliphatic carbocycles. The van der Waals surface area contributed by atoms with Crippen molar-refractivity contribution in [2.45, 2.75) is 103 Å². The minimum absolute atomic E-state index is 0. The summed E-state index contributed by atoms with van der Waals surface area (Å²) in [6.45, 7) is 7.95. The van der Waals surface area contributed by atoms with E-state index in [1.54, 1.807) is 11.9 Å². The molecule has 1 heterocycles. The summed E-state index contributed by atoms with van der Waals surface area (Å²) < 4.78 is 0. The van der Waals surface area contributed by atoms with E-state index >= 15 is 0 Å². The third-order valence-electron chi connectivity index (χ3n) is 9.68. The van der Waals surface area contributed by atoms with Crippen molar-refractivity contribution >= 4 is 77.4 Å². The van der Waals surface area contributed by atoms with Gasteiger partial charge in [0.15, 0.2) is 5.78 Å². The predicted octanol–water partition coefficient (Wildman–Crippen LogP) is 6.12. The van der Waals surface area contributed by atoms with Gasteiger partial charge in [0.1, 0.15) is 11.8 Å². The maximum Gasteiger partial charge on any atom is 0.243 e. The summed E-state index contributed by atoms with van der Waals surface area (Å²) in [5, 5.41) is 6.19. The number of Topliss-reactive ketones (excluding diaryl/α,β-unsaturated/α-hetero) is 2. The lowest BCUT2D eigenvalue weighted by molar-refractivity contribution is -0.145. The normalized spacial score (nSPS) is 18.1. The molecule has 2 aromatic rings. The quantitative estimate of drug-likeness (QED) is 0.274. The first-order chi connectivity index (χ1) is 21.0. The molecule has 4 rings (SSSR count). The number of hydrogen-bond acceptors (Lipinski definition) is 5. The van der Waals surface area contributed by atoms with Gasteiger partial charge in [-0.25, -0.2) is 0 Å². The van der Waals surface area contributed by atoms with E-state index in [1.165, 1.54) is 0 Å². The van der Waals surface area contributed by atoms with Crippen LogP contribution in [0.2, 0.25) is 0 Å². The molecule has 0 spiro atoms. The van der Waals surface area contributed by atoms with Crippen LogP contribution in [0.4, 0.5) is 0 Å². The molecular weight excluding hydrogens is 679 g/mol. The van der Waals surface area contributed by atoms with E-state index in [2.05, 4.69) is 10.6 Å². The van der Waals surface area contributed by atoms with Crippen molar-refractivity contribution in [3.8, 4) is 0 Å². The maximum atomic E-state index is 14.3. The number of benzene rings is 2. The summed E-state index contributed by atoms with van der Waals surface area (Å²) in [7, 11) is 1.76. The van der Waals surface area contributed by atoms with Crippen molar-refractivity contribution in [1.29, 1.82) is 0 Å². The molecular formula is C37H59N3O4S4. The van der Waals surface area contributed by atoms with Gasteiger partial charge in [-0.3, -0.25) is 19.2 Å². The average molecular weight is 738 g/mol. The van der Waals surface area contributed by atoms with E-state index in [9.17, 15) is 19.2 Å². The highest BCUT2D eigenvalue weighted by atomic mass is 32.1. The van der Waals surface area contributed by atoms with Crippen molar-refractivity contribution in [2.75, 3.05) is 13.6 Å². The number of hydrogen-bond donors (Lipinski definition) is 2. The van der Waals surface area contributed by atoms with E-state index < -0.39 is 29.3 Å². The largest absolute Gasteiger partial charge is 0.344 e. The molecule has 2 aliphatic rings. The zero-order chi connectivity index (χ0) is 31.9. The van der Waals surface area contributed by atoms with Crippen LogP contribution in [0.1, 0.15) is 96.1 Å². The molecule has 48 heavy (non-hydrogen) atoms. The van der Waals surface area contributed by atoms with Gasteiger partial charge in [-0.15, -0.1) is 0 Å². The Hall–Kier alpha value is -1.92. The first kappa shape index (κ1) is 46.1. The molecule has 1 aliphatic heterocycles. The third kappa shape index (κ3) is 11.6. The van der Waals surface area contributed by atoms with Gasteiger partial charge in [0.2, 0.25) is 11.8 Å². The molecule has 0 aromatic heterocycles. The summed E-state index contributed by atoms with van der Waals surface area (Å²) >= 11 is 0. The molecule has 270 valence electrons. The predicted molar refractivity (Wildman–Crippen MR) is 216 cm³/mol. The Kier molecular flexibility index (Phi) is 20.5. The van der Waals surface area contributed by atoms with E-state index in [-0.39, 0.29) is 95.7 Å². The van der Waals surface area contributed by atoms with Crippen LogP contribution in [-0.2, 0) is 19.2 Å². The fraction of sp³-hybridized carbons (Fsp3) is 0.568. The molecule has 2 aromatic carbocycles. The number of carbonyl (C=O) groups is 4. The van der Waals surface area contributed by atoms with Gasteiger partial charge in [0, 0.05) is 30.2 Å². The lowest BCUT2D eigenvalue weighted by atomic mass is 9.76. The van der Waals surface area contributed by atoms with Gasteiger partial charge >= 0.3 is 0 Å². The van der Waals surface area contributed by atoms with Crippen LogP contribution in [-0.4, -0.2) is 60.0 Å². The van der Waals surface area contributed by atoms with Crippen LogP contribution in [0.15, 0.2) is 60.7 Å². The topological polar surface area (TPSA) is 95.6 Å². The lowest BCUT2D eigenvalue weighted by Crippen LogP contribution is -2.55. The summed E-state index contributed by atoms with van der Waals surface area (Å²) in [5.74, 6) is -1.11. The minimum atomic E-state index is -0.822. The highest BCUT2D eigenvalue weighted by Crippen LogP contribution is 2.36. The van der Waals surface area contributed by atoms with Crippen molar-refractivity contribution in [3.63, 3.8) is 0 Å². The number of likely N-dealkylation sites (tertiary alicyclic amines) is 1. The van der Waals surface area contributed by atoms with E-state index in [4.69, 9.17) is 0 Å². The summed E-state index contributed by atoms with van der Waals surface area (Å²) in [4.78, 5) is 57.4. The fourth-order valence-corrected chi connectivity index (χ4v) is 6.98. The smallest absolute Gasteiger partial charge is 0.243 e. The molecule has 1 saturated carbocycles. The molecule has 7 nitrogen and oxygen atoms in total. The minimum Gasteiger partial charge on any atom is -0.344 e. The zero-order valence-electron chi connectivity index (χ0n) is 29.2. The zero-order valence-corrected chi connectivity index (χ0v) is 33.2. The second-order valence-electron chi connectivity index (χ2n) is 13.8. The molecule has 1 saturated heterocycles. The standard InChI is InChI=1S/C37H51N3O4.4H2S/c1-25(38-5)31(41)24-29(26-16-9-6-10-17-26)36(44)40-23-15-22-30(40)35(43)39-33(34(42)37(2,3)4)32(27-18-11-7-12-19-27)28-20-13-8-14-21-28;;;;/h7-8,11-14,18-21,25-26,29-30,32-33,38H,6,9-10,15-17,22-24H2,1-5H3,(H,39,43);4*1H2/t25-,29-,30-,33-;;;;/m0..../s1. The van der Waals surface area contributed by atoms with Crippen molar-refractivity contribution < 1.29 is 19.2 Å². The Morgan fingerprint density at radius 3 is 1.79 bits per heavy atom. The lowest BCUT2D eigenvalue weighted by Gasteiger charge is -2.36. The van der Waals surface area contributed by atoms with Crippen LogP contribution in [0, 0.1) is 17.3 Å². The number of likely N-dealkylation sites (N-methyl/N-ethyl adjacent to an activating group) is 1. The number of carbonyl (C=O) groups excluding carboxylic acids is 4. The van der Waals surface area contributed by atoms with Crippen molar-refractivity contribution in [1.82, 2.24) is 15.5 Å². The number of nitrogens with one attached hydrogen (secondary N) is 2. The molecule has 2 amide bonds. The Balaban J connectivity index is 0.00000552. The van der Waals surface area contributed by atoms with Crippen LogP contribution >= 0.6 is 54.0 Å². The van der Waals surface area contributed by atoms with Gasteiger partial charge in [0.05, 0.1) is 12.1 Å². The molecule has 0 bridgehead atoms. The molecule has 4 atom stereocenters. The third-order valence-corrected chi connectivity index (χ3v) is 9.68. The first-order valence-corrected chi connectivity index (χ1v) is 16.5. The number of amides is 2. The first-order valence-electron chi connectivity index (χ1n) is 16.5.